The predicted octanol–water partition coefficient (Wildman–Crippen LogP) is 4.23. The number of hydrogen-bond acceptors (Lipinski definition) is 6. The summed E-state index contributed by atoms with van der Waals surface area (Å²) in [5, 5.41) is 7.59. The molecule has 0 amide bonds. The Morgan fingerprint density at radius 3 is 2.64 bits per heavy atom. The summed E-state index contributed by atoms with van der Waals surface area (Å²) >= 11 is 0. The van der Waals surface area contributed by atoms with Crippen LogP contribution in [0.4, 0.5) is 5.82 Å². The molecule has 0 unspecified atom stereocenters. The van der Waals surface area contributed by atoms with Crippen molar-refractivity contribution >= 4 is 16.9 Å². The lowest BCUT2D eigenvalue weighted by atomic mass is 10.0. The Bertz CT molecular complexity index is 1090. The molecular weight excluding hydrogens is 350 g/mol. The highest BCUT2D eigenvalue weighted by Gasteiger charge is 2.18. The zero-order valence-corrected chi connectivity index (χ0v) is 16.3. The number of nitrogens with zero attached hydrogens (tertiary/aromatic N) is 4. The molecule has 6 nitrogen and oxygen atoms in total. The van der Waals surface area contributed by atoms with Gasteiger partial charge >= 0.3 is 0 Å². The van der Waals surface area contributed by atoms with Crippen molar-refractivity contribution in [2.45, 2.75) is 6.92 Å². The van der Waals surface area contributed by atoms with E-state index in [0.717, 1.165) is 52.5 Å². The van der Waals surface area contributed by atoms with Gasteiger partial charge in [-0.15, -0.1) is 0 Å². The Hall–Kier alpha value is -3.25. The fourth-order valence-electron chi connectivity index (χ4n) is 3.15. The molecule has 4 aromatic rings. The number of benzene rings is 1. The molecule has 0 fully saturated rings. The normalized spacial score (nSPS) is 11.3. The van der Waals surface area contributed by atoms with Crippen LogP contribution in [-0.4, -0.2) is 47.2 Å². The Balaban J connectivity index is 1.85. The number of hydrogen-bond donors (Lipinski definition) is 1. The molecule has 0 saturated carbocycles. The van der Waals surface area contributed by atoms with Crippen molar-refractivity contribution < 1.29 is 4.52 Å². The second kappa shape index (κ2) is 7.78. The largest absolute Gasteiger partial charge is 0.368 e. The first-order valence-electron chi connectivity index (χ1n) is 9.30. The van der Waals surface area contributed by atoms with Gasteiger partial charge < -0.3 is 14.7 Å². The molecule has 0 spiro atoms. The smallest absolute Gasteiger partial charge is 0.193 e. The van der Waals surface area contributed by atoms with E-state index in [1.807, 2.05) is 37.3 Å². The first-order chi connectivity index (χ1) is 13.6. The van der Waals surface area contributed by atoms with Crippen LogP contribution < -0.4 is 5.32 Å². The lowest BCUT2D eigenvalue weighted by molar-refractivity contribution is 0.425. The SMILES string of the molecule is Cc1noc2c(-c3cccnc3NCCN(C)C)cc(-c3ccccc3)nc12. The average molecular weight is 373 g/mol. The van der Waals surface area contributed by atoms with E-state index in [-0.39, 0.29) is 0 Å². The lowest BCUT2D eigenvalue weighted by Gasteiger charge is -2.14. The maximum atomic E-state index is 5.65. The van der Waals surface area contributed by atoms with Gasteiger partial charge in [0.1, 0.15) is 17.0 Å². The van der Waals surface area contributed by atoms with E-state index in [1.165, 1.54) is 0 Å². The monoisotopic (exact) mass is 373 g/mol. The molecule has 0 aliphatic heterocycles. The summed E-state index contributed by atoms with van der Waals surface area (Å²) in [6.07, 6.45) is 1.80. The zero-order valence-electron chi connectivity index (χ0n) is 16.3. The number of anilines is 1. The van der Waals surface area contributed by atoms with Crippen LogP contribution in [0.25, 0.3) is 33.5 Å². The topological polar surface area (TPSA) is 67.1 Å². The highest BCUT2D eigenvalue weighted by Crippen LogP contribution is 2.35. The summed E-state index contributed by atoms with van der Waals surface area (Å²) in [5.41, 5.74) is 6.09. The van der Waals surface area contributed by atoms with Gasteiger partial charge in [-0.25, -0.2) is 9.97 Å². The van der Waals surface area contributed by atoms with E-state index in [4.69, 9.17) is 9.51 Å². The van der Waals surface area contributed by atoms with Gasteiger partial charge in [-0.05, 0) is 39.2 Å². The van der Waals surface area contributed by atoms with Gasteiger partial charge in [0.05, 0.1) is 5.69 Å². The van der Waals surface area contributed by atoms with Crippen molar-refractivity contribution in [1.29, 1.82) is 0 Å². The van der Waals surface area contributed by atoms with Crippen molar-refractivity contribution in [1.82, 2.24) is 20.0 Å². The minimum atomic E-state index is 0.681. The Labute approximate surface area is 164 Å². The van der Waals surface area contributed by atoms with Crippen molar-refractivity contribution in [3.8, 4) is 22.4 Å². The van der Waals surface area contributed by atoms with E-state index in [0.29, 0.717) is 5.58 Å². The van der Waals surface area contributed by atoms with Gasteiger partial charge in [-0.2, -0.15) is 0 Å². The summed E-state index contributed by atoms with van der Waals surface area (Å²) in [4.78, 5) is 11.5. The molecule has 6 heteroatoms. The average Bonchev–Trinajstić information content (AvgIpc) is 3.09. The number of nitrogens with one attached hydrogen (secondary N) is 1. The first-order valence-corrected chi connectivity index (χ1v) is 9.30. The van der Waals surface area contributed by atoms with Gasteiger partial charge in [0, 0.05) is 36.0 Å². The predicted molar refractivity (Wildman–Crippen MR) is 112 cm³/mol. The third kappa shape index (κ3) is 3.59. The summed E-state index contributed by atoms with van der Waals surface area (Å²) in [7, 11) is 4.10. The second-order valence-corrected chi connectivity index (χ2v) is 7.00. The van der Waals surface area contributed by atoms with Crippen LogP contribution in [0.5, 0.6) is 0 Å². The van der Waals surface area contributed by atoms with Crippen LogP contribution in [0.1, 0.15) is 5.69 Å². The molecule has 4 rings (SSSR count). The standard InChI is InChI=1S/C22H23N5O/c1-15-20-21(28-26-15)18(14-19(25-20)16-8-5-4-6-9-16)17-10-7-11-23-22(17)24-12-13-27(2)3/h4-11,14H,12-13H2,1-3H3,(H,23,24). The van der Waals surface area contributed by atoms with Gasteiger partial charge in [0.2, 0.25) is 0 Å². The maximum absolute atomic E-state index is 5.65. The van der Waals surface area contributed by atoms with Crippen LogP contribution in [0, 0.1) is 6.92 Å². The molecule has 0 bridgehead atoms. The van der Waals surface area contributed by atoms with Crippen molar-refractivity contribution in [3.63, 3.8) is 0 Å². The zero-order chi connectivity index (χ0) is 19.5. The van der Waals surface area contributed by atoms with Crippen molar-refractivity contribution in [2.24, 2.45) is 0 Å². The quantitative estimate of drug-likeness (QED) is 0.545. The van der Waals surface area contributed by atoms with Crippen LogP contribution >= 0.6 is 0 Å². The van der Waals surface area contributed by atoms with Gasteiger partial charge in [0.25, 0.3) is 0 Å². The second-order valence-electron chi connectivity index (χ2n) is 7.00. The molecule has 1 N–H and O–H groups in total. The van der Waals surface area contributed by atoms with E-state index in [1.54, 1.807) is 6.20 Å². The molecule has 28 heavy (non-hydrogen) atoms. The van der Waals surface area contributed by atoms with E-state index >= 15 is 0 Å². The third-order valence-corrected chi connectivity index (χ3v) is 4.61. The molecule has 0 radical (unpaired) electrons. The number of aromatic nitrogens is 3. The molecule has 1 aromatic carbocycles. The number of likely N-dealkylation sites (N-methyl/N-ethyl adjacent to an activating group) is 1. The van der Waals surface area contributed by atoms with Gasteiger partial charge in [0.15, 0.2) is 5.58 Å². The molecule has 142 valence electrons. The molecule has 3 heterocycles. The fraction of sp³-hybridized carbons (Fsp3) is 0.227. The van der Waals surface area contributed by atoms with Crippen LogP contribution in [-0.2, 0) is 0 Å². The maximum Gasteiger partial charge on any atom is 0.193 e. The van der Waals surface area contributed by atoms with Crippen molar-refractivity contribution in [3.05, 3.63) is 60.4 Å². The molecule has 3 aromatic heterocycles. The highest BCUT2D eigenvalue weighted by atomic mass is 16.5. The first kappa shape index (κ1) is 18.1. The van der Waals surface area contributed by atoms with Crippen LogP contribution in [0.2, 0.25) is 0 Å². The number of fused-ring (bicyclic) bond motifs is 1. The number of rotatable bonds is 6. The van der Waals surface area contributed by atoms with Crippen LogP contribution in [0.3, 0.4) is 0 Å². The Kier molecular flexibility index (Phi) is 5.04. The Morgan fingerprint density at radius 1 is 1.04 bits per heavy atom. The molecule has 0 aliphatic carbocycles. The van der Waals surface area contributed by atoms with Gasteiger partial charge in [-0.1, -0.05) is 35.5 Å². The summed E-state index contributed by atoms with van der Waals surface area (Å²) in [6, 6.07) is 16.2. The lowest BCUT2D eigenvalue weighted by Crippen LogP contribution is -2.21. The fourth-order valence-corrected chi connectivity index (χ4v) is 3.15. The highest BCUT2D eigenvalue weighted by molar-refractivity contribution is 5.96. The van der Waals surface area contributed by atoms with E-state index < -0.39 is 0 Å². The minimum Gasteiger partial charge on any atom is -0.368 e. The molecule has 0 saturated heterocycles. The minimum absolute atomic E-state index is 0.681. The summed E-state index contributed by atoms with van der Waals surface area (Å²) < 4.78 is 5.65. The van der Waals surface area contributed by atoms with Crippen molar-refractivity contribution in [2.75, 3.05) is 32.5 Å². The van der Waals surface area contributed by atoms with Crippen LogP contribution in [0.15, 0.2) is 59.3 Å². The van der Waals surface area contributed by atoms with E-state index in [2.05, 4.69) is 52.7 Å². The van der Waals surface area contributed by atoms with E-state index in [9.17, 15) is 0 Å². The third-order valence-electron chi connectivity index (χ3n) is 4.61. The molecular formula is C22H23N5O. The molecule has 0 aliphatic rings. The number of aryl methyl sites for hydroxylation is 1. The number of pyridine rings is 2. The molecule has 0 atom stereocenters. The van der Waals surface area contributed by atoms with Gasteiger partial charge in [-0.3, -0.25) is 0 Å². The Morgan fingerprint density at radius 2 is 1.86 bits per heavy atom. The summed E-state index contributed by atoms with van der Waals surface area (Å²) in [6.45, 7) is 3.63. The summed E-state index contributed by atoms with van der Waals surface area (Å²) in [5.74, 6) is 0.824.